The molecular formula is C17H23N3O. The number of aromatic nitrogens is 2. The summed E-state index contributed by atoms with van der Waals surface area (Å²) >= 11 is 0. The van der Waals surface area contributed by atoms with Crippen molar-refractivity contribution in [2.24, 2.45) is 5.73 Å². The molecule has 0 bridgehead atoms. The molecule has 2 N–H and O–H groups in total. The maximum absolute atomic E-state index is 12.6. The van der Waals surface area contributed by atoms with Crippen LogP contribution in [0.5, 0.6) is 0 Å². The van der Waals surface area contributed by atoms with Crippen molar-refractivity contribution in [2.75, 3.05) is 0 Å². The van der Waals surface area contributed by atoms with Gasteiger partial charge in [-0.05, 0) is 24.0 Å². The van der Waals surface area contributed by atoms with Crippen molar-refractivity contribution in [1.82, 2.24) is 9.78 Å². The van der Waals surface area contributed by atoms with Crippen LogP contribution in [0.1, 0.15) is 56.0 Å². The molecule has 2 aromatic rings. The number of aryl methyl sites for hydroxylation is 1. The van der Waals surface area contributed by atoms with Gasteiger partial charge >= 0.3 is 0 Å². The summed E-state index contributed by atoms with van der Waals surface area (Å²) in [5.74, 6) is 0.260. The predicted octanol–water partition coefficient (Wildman–Crippen LogP) is 2.82. The lowest BCUT2D eigenvalue weighted by Gasteiger charge is -2.16. The molecule has 1 aromatic heterocycles. The summed E-state index contributed by atoms with van der Waals surface area (Å²) in [5, 5.41) is 4.45. The van der Waals surface area contributed by atoms with Crippen molar-refractivity contribution < 1.29 is 0 Å². The van der Waals surface area contributed by atoms with Crippen molar-refractivity contribution in [2.45, 2.75) is 45.7 Å². The molecule has 21 heavy (non-hydrogen) atoms. The highest BCUT2D eigenvalue weighted by Gasteiger charge is 2.17. The molecule has 0 saturated carbocycles. The van der Waals surface area contributed by atoms with Crippen LogP contribution in [0.2, 0.25) is 0 Å². The number of nitrogens with two attached hydrogens (primary N) is 1. The highest BCUT2D eigenvalue weighted by molar-refractivity contribution is 5.30. The van der Waals surface area contributed by atoms with Gasteiger partial charge in [0.05, 0.1) is 11.7 Å². The summed E-state index contributed by atoms with van der Waals surface area (Å²) < 4.78 is 1.55. The summed E-state index contributed by atoms with van der Waals surface area (Å²) in [6.07, 6.45) is 0.870. The summed E-state index contributed by atoms with van der Waals surface area (Å²) in [4.78, 5) is 12.6. The monoisotopic (exact) mass is 285 g/mol. The molecule has 0 aliphatic heterocycles. The van der Waals surface area contributed by atoms with Gasteiger partial charge in [-0.1, -0.05) is 51.1 Å². The van der Waals surface area contributed by atoms with Crippen LogP contribution < -0.4 is 11.3 Å². The van der Waals surface area contributed by atoms with E-state index in [4.69, 9.17) is 5.73 Å². The molecule has 0 fully saturated rings. The third kappa shape index (κ3) is 3.39. The summed E-state index contributed by atoms with van der Waals surface area (Å²) in [6.45, 7) is 6.79. The Kier molecular flexibility index (Phi) is 4.91. The molecule has 0 saturated heterocycles. The largest absolute Gasteiger partial charge is 0.320 e. The molecule has 0 amide bonds. The Morgan fingerprint density at radius 1 is 1.24 bits per heavy atom. The van der Waals surface area contributed by atoms with Gasteiger partial charge in [-0.3, -0.25) is 4.79 Å². The lowest BCUT2D eigenvalue weighted by Crippen LogP contribution is -2.31. The molecule has 0 radical (unpaired) electrons. The molecule has 0 aliphatic rings. The Morgan fingerprint density at radius 3 is 2.48 bits per heavy atom. The van der Waals surface area contributed by atoms with Gasteiger partial charge in [0.1, 0.15) is 0 Å². The van der Waals surface area contributed by atoms with Crippen LogP contribution in [0.4, 0.5) is 0 Å². The maximum atomic E-state index is 12.6. The molecule has 1 aromatic carbocycles. The molecule has 0 aliphatic carbocycles. The first-order chi connectivity index (χ1) is 10.0. The standard InChI is InChI=1S/C17H23N3O/c1-4-10-20-17(21)14(11-15(19-20)12(2)3)16(18)13-8-6-5-7-9-13/h5-9,11-12,16H,4,10,18H2,1-3H3. The summed E-state index contributed by atoms with van der Waals surface area (Å²) in [6, 6.07) is 11.2. The Labute approximate surface area is 125 Å². The fraction of sp³-hybridized carbons (Fsp3) is 0.412. The number of nitrogens with zero attached hydrogens (tertiary/aromatic N) is 2. The normalized spacial score (nSPS) is 12.6. The van der Waals surface area contributed by atoms with Crippen molar-refractivity contribution >= 4 is 0 Å². The van der Waals surface area contributed by atoms with Crippen LogP contribution in [-0.4, -0.2) is 9.78 Å². The van der Waals surface area contributed by atoms with Gasteiger partial charge in [-0.15, -0.1) is 0 Å². The zero-order valence-corrected chi connectivity index (χ0v) is 12.9. The first-order valence-corrected chi connectivity index (χ1v) is 7.47. The minimum Gasteiger partial charge on any atom is -0.320 e. The first kappa shape index (κ1) is 15.4. The van der Waals surface area contributed by atoms with Gasteiger partial charge in [-0.25, -0.2) is 4.68 Å². The second-order valence-electron chi connectivity index (χ2n) is 5.60. The molecule has 4 heteroatoms. The van der Waals surface area contributed by atoms with Gasteiger partial charge in [0.2, 0.25) is 0 Å². The zero-order valence-electron chi connectivity index (χ0n) is 12.9. The number of rotatable bonds is 5. The van der Waals surface area contributed by atoms with Gasteiger partial charge in [0.25, 0.3) is 5.56 Å². The van der Waals surface area contributed by atoms with E-state index in [2.05, 4.69) is 18.9 Å². The van der Waals surface area contributed by atoms with Gasteiger partial charge in [-0.2, -0.15) is 5.10 Å². The Hall–Kier alpha value is -1.94. The zero-order chi connectivity index (χ0) is 15.4. The summed E-state index contributed by atoms with van der Waals surface area (Å²) in [5.41, 5.74) is 8.69. The molecule has 2 rings (SSSR count). The minimum atomic E-state index is -0.415. The second kappa shape index (κ2) is 6.68. The lowest BCUT2D eigenvalue weighted by atomic mass is 9.99. The smallest absolute Gasteiger partial charge is 0.271 e. The van der Waals surface area contributed by atoms with Crippen molar-refractivity contribution in [3.63, 3.8) is 0 Å². The summed E-state index contributed by atoms with van der Waals surface area (Å²) in [7, 11) is 0. The quantitative estimate of drug-likeness (QED) is 0.919. The van der Waals surface area contributed by atoms with Crippen LogP contribution in [0.3, 0.4) is 0 Å². The molecule has 1 unspecified atom stereocenters. The molecule has 4 nitrogen and oxygen atoms in total. The molecule has 1 atom stereocenters. The number of benzene rings is 1. The lowest BCUT2D eigenvalue weighted by molar-refractivity contribution is 0.537. The average Bonchev–Trinajstić information content (AvgIpc) is 2.49. The minimum absolute atomic E-state index is 0.0856. The van der Waals surface area contributed by atoms with E-state index in [-0.39, 0.29) is 11.5 Å². The van der Waals surface area contributed by atoms with Crippen LogP contribution in [0, 0.1) is 0 Å². The van der Waals surface area contributed by atoms with Crippen LogP contribution in [-0.2, 0) is 6.54 Å². The van der Waals surface area contributed by atoms with Gasteiger partial charge in [0.15, 0.2) is 0 Å². The fourth-order valence-electron chi connectivity index (χ4n) is 2.29. The van der Waals surface area contributed by atoms with Crippen LogP contribution >= 0.6 is 0 Å². The van der Waals surface area contributed by atoms with E-state index in [1.165, 1.54) is 0 Å². The third-order valence-electron chi connectivity index (χ3n) is 3.54. The molecule has 112 valence electrons. The van der Waals surface area contributed by atoms with E-state index >= 15 is 0 Å². The average molecular weight is 285 g/mol. The number of hydrogen-bond donors (Lipinski definition) is 1. The van der Waals surface area contributed by atoms with E-state index in [1.54, 1.807) is 4.68 Å². The van der Waals surface area contributed by atoms with E-state index in [0.29, 0.717) is 12.1 Å². The molecule has 1 heterocycles. The Morgan fingerprint density at radius 2 is 1.90 bits per heavy atom. The highest BCUT2D eigenvalue weighted by Crippen LogP contribution is 2.19. The van der Waals surface area contributed by atoms with E-state index < -0.39 is 6.04 Å². The molecule has 0 spiro atoms. The van der Waals surface area contributed by atoms with E-state index in [0.717, 1.165) is 17.7 Å². The topological polar surface area (TPSA) is 60.9 Å². The third-order valence-corrected chi connectivity index (χ3v) is 3.54. The predicted molar refractivity (Wildman–Crippen MR) is 85.3 cm³/mol. The van der Waals surface area contributed by atoms with Crippen molar-refractivity contribution in [3.05, 3.63) is 63.6 Å². The van der Waals surface area contributed by atoms with Crippen LogP contribution in [0.15, 0.2) is 41.2 Å². The number of hydrogen-bond acceptors (Lipinski definition) is 3. The van der Waals surface area contributed by atoms with Crippen LogP contribution in [0.25, 0.3) is 0 Å². The second-order valence-corrected chi connectivity index (χ2v) is 5.60. The fourth-order valence-corrected chi connectivity index (χ4v) is 2.29. The highest BCUT2D eigenvalue weighted by atomic mass is 16.1. The Bertz CT molecular complexity index is 647. The van der Waals surface area contributed by atoms with Gasteiger partial charge in [0, 0.05) is 12.1 Å². The van der Waals surface area contributed by atoms with Crippen molar-refractivity contribution in [3.8, 4) is 0 Å². The van der Waals surface area contributed by atoms with E-state index in [9.17, 15) is 4.79 Å². The van der Waals surface area contributed by atoms with Gasteiger partial charge < -0.3 is 5.73 Å². The molecular weight excluding hydrogens is 262 g/mol. The Balaban J connectivity index is 2.54. The van der Waals surface area contributed by atoms with E-state index in [1.807, 2.05) is 43.3 Å². The van der Waals surface area contributed by atoms with Crippen molar-refractivity contribution in [1.29, 1.82) is 0 Å². The first-order valence-electron chi connectivity index (χ1n) is 7.47. The SMILES string of the molecule is CCCn1nc(C(C)C)cc(C(N)c2ccccc2)c1=O. The maximum Gasteiger partial charge on any atom is 0.271 e.